The van der Waals surface area contributed by atoms with E-state index in [9.17, 15) is 9.18 Å². The lowest BCUT2D eigenvalue weighted by molar-refractivity contribution is -0.129. The number of anilines is 2. The Morgan fingerprint density at radius 3 is 2.81 bits per heavy atom. The highest BCUT2D eigenvalue weighted by Crippen LogP contribution is 2.35. The lowest BCUT2D eigenvalue weighted by atomic mass is 10.0. The van der Waals surface area contributed by atoms with Gasteiger partial charge in [-0.3, -0.25) is 9.48 Å². The van der Waals surface area contributed by atoms with Crippen LogP contribution in [0.25, 0.3) is 0 Å². The number of hydrogen-bond acceptors (Lipinski definition) is 4. The number of amides is 1. The molecule has 1 fully saturated rings. The van der Waals surface area contributed by atoms with E-state index in [2.05, 4.69) is 4.68 Å². The first-order chi connectivity index (χ1) is 13.0. The summed E-state index contributed by atoms with van der Waals surface area (Å²) in [6.45, 7) is 4.34. The van der Waals surface area contributed by atoms with Gasteiger partial charge >= 0.3 is 0 Å². The minimum atomic E-state index is -0.276. The van der Waals surface area contributed by atoms with Crippen molar-refractivity contribution in [1.29, 1.82) is 0 Å². The first kappa shape index (κ1) is 18.0. The topological polar surface area (TPSA) is 50.6 Å². The van der Waals surface area contributed by atoms with Gasteiger partial charge in [0, 0.05) is 57.1 Å². The third-order valence-corrected chi connectivity index (χ3v) is 5.56. The quantitative estimate of drug-likeness (QED) is 0.831. The van der Waals surface area contributed by atoms with Gasteiger partial charge in [-0.1, -0.05) is 6.07 Å². The van der Waals surface area contributed by atoms with Crippen LogP contribution in [0, 0.1) is 5.82 Å². The van der Waals surface area contributed by atoms with Crippen LogP contribution in [0.4, 0.5) is 15.9 Å². The SMILES string of the molecule is CC(=O)N1CCc2c(c(N(C)c3cccc(F)c3)nn2C2CCOCC2)C1. The fourth-order valence-electron chi connectivity index (χ4n) is 4.01. The summed E-state index contributed by atoms with van der Waals surface area (Å²) in [6.07, 6.45) is 2.66. The number of benzene rings is 1. The second-order valence-electron chi connectivity index (χ2n) is 7.27. The second kappa shape index (κ2) is 7.31. The largest absolute Gasteiger partial charge is 0.381 e. The Hall–Kier alpha value is -2.41. The second-order valence-corrected chi connectivity index (χ2v) is 7.27. The van der Waals surface area contributed by atoms with E-state index in [1.807, 2.05) is 22.9 Å². The summed E-state index contributed by atoms with van der Waals surface area (Å²) in [7, 11) is 1.90. The van der Waals surface area contributed by atoms with Crippen molar-refractivity contribution >= 4 is 17.4 Å². The molecule has 27 heavy (non-hydrogen) atoms. The van der Waals surface area contributed by atoms with Crippen LogP contribution in [0.2, 0.25) is 0 Å². The molecule has 0 saturated carbocycles. The molecule has 0 spiro atoms. The van der Waals surface area contributed by atoms with Crippen LogP contribution >= 0.6 is 0 Å². The highest BCUT2D eigenvalue weighted by molar-refractivity contribution is 5.74. The van der Waals surface area contributed by atoms with Gasteiger partial charge in [0.05, 0.1) is 12.6 Å². The van der Waals surface area contributed by atoms with Gasteiger partial charge in [-0.05, 0) is 31.0 Å². The van der Waals surface area contributed by atoms with E-state index in [0.717, 1.165) is 49.5 Å². The zero-order chi connectivity index (χ0) is 19.0. The highest BCUT2D eigenvalue weighted by atomic mass is 19.1. The fourth-order valence-corrected chi connectivity index (χ4v) is 4.01. The van der Waals surface area contributed by atoms with Gasteiger partial charge in [0.15, 0.2) is 5.82 Å². The van der Waals surface area contributed by atoms with Crippen LogP contribution in [0.5, 0.6) is 0 Å². The summed E-state index contributed by atoms with van der Waals surface area (Å²) in [6, 6.07) is 6.82. The minimum absolute atomic E-state index is 0.0684. The van der Waals surface area contributed by atoms with Crippen LogP contribution in [-0.2, 0) is 22.5 Å². The lowest BCUT2D eigenvalue weighted by Gasteiger charge is -2.29. The molecule has 3 heterocycles. The van der Waals surface area contributed by atoms with Crippen molar-refractivity contribution in [2.75, 3.05) is 31.7 Å². The molecule has 2 aromatic rings. The van der Waals surface area contributed by atoms with Crippen LogP contribution in [0.1, 0.15) is 37.1 Å². The smallest absolute Gasteiger partial charge is 0.219 e. The average molecular weight is 372 g/mol. The predicted octanol–water partition coefficient (Wildman–Crippen LogP) is 3.05. The zero-order valence-electron chi connectivity index (χ0n) is 15.8. The Bertz CT molecular complexity index is 845. The Morgan fingerprint density at radius 2 is 2.11 bits per heavy atom. The molecule has 0 N–H and O–H groups in total. The van der Waals surface area contributed by atoms with Crippen molar-refractivity contribution in [1.82, 2.24) is 14.7 Å². The number of aromatic nitrogens is 2. The van der Waals surface area contributed by atoms with Gasteiger partial charge in [-0.2, -0.15) is 5.10 Å². The van der Waals surface area contributed by atoms with Gasteiger partial charge in [0.1, 0.15) is 5.82 Å². The molecular weight excluding hydrogens is 347 g/mol. The minimum Gasteiger partial charge on any atom is -0.381 e. The van der Waals surface area contributed by atoms with Crippen molar-refractivity contribution in [3.8, 4) is 0 Å². The third kappa shape index (κ3) is 3.43. The first-order valence-corrected chi connectivity index (χ1v) is 9.47. The number of carbonyl (C=O) groups excluding carboxylic acids is 1. The standard InChI is InChI=1S/C20H25FN4O2/c1-14(26)24-9-6-19-18(13-24)20(22-25(19)16-7-10-27-11-8-16)23(2)17-5-3-4-15(21)12-17/h3-5,12,16H,6-11,13H2,1-2H3. The van der Waals surface area contributed by atoms with E-state index in [1.165, 1.54) is 17.8 Å². The fraction of sp³-hybridized carbons (Fsp3) is 0.500. The summed E-state index contributed by atoms with van der Waals surface area (Å²) in [5.41, 5.74) is 3.00. The maximum Gasteiger partial charge on any atom is 0.219 e. The Labute approximate surface area is 158 Å². The van der Waals surface area contributed by atoms with E-state index in [0.29, 0.717) is 19.1 Å². The Kier molecular flexibility index (Phi) is 4.86. The van der Waals surface area contributed by atoms with Gasteiger partial charge in [0.25, 0.3) is 0 Å². The molecule has 4 rings (SSSR count). The molecule has 0 unspecified atom stereocenters. The van der Waals surface area contributed by atoms with E-state index in [1.54, 1.807) is 13.0 Å². The average Bonchev–Trinajstić information content (AvgIpc) is 3.07. The van der Waals surface area contributed by atoms with Gasteiger partial charge in [-0.15, -0.1) is 0 Å². The van der Waals surface area contributed by atoms with E-state index >= 15 is 0 Å². The number of fused-ring (bicyclic) bond motifs is 1. The molecule has 0 bridgehead atoms. The zero-order valence-corrected chi connectivity index (χ0v) is 15.8. The maximum absolute atomic E-state index is 13.7. The predicted molar refractivity (Wildman–Crippen MR) is 101 cm³/mol. The van der Waals surface area contributed by atoms with Crippen molar-refractivity contribution in [3.05, 3.63) is 41.3 Å². The number of rotatable bonds is 3. The molecule has 2 aliphatic rings. The normalized spacial score (nSPS) is 17.7. The number of nitrogens with zero attached hydrogens (tertiary/aromatic N) is 4. The number of carbonyl (C=O) groups is 1. The number of halogens is 1. The Morgan fingerprint density at radius 1 is 1.33 bits per heavy atom. The molecule has 6 nitrogen and oxygen atoms in total. The van der Waals surface area contributed by atoms with Crippen molar-refractivity contribution in [2.24, 2.45) is 0 Å². The molecule has 1 aromatic carbocycles. The van der Waals surface area contributed by atoms with Crippen LogP contribution < -0.4 is 4.90 Å². The molecule has 144 valence electrons. The van der Waals surface area contributed by atoms with Crippen molar-refractivity contribution in [3.63, 3.8) is 0 Å². The lowest BCUT2D eigenvalue weighted by Crippen LogP contribution is -2.35. The van der Waals surface area contributed by atoms with Gasteiger partial charge in [-0.25, -0.2) is 4.39 Å². The molecule has 2 aliphatic heterocycles. The van der Waals surface area contributed by atoms with Crippen molar-refractivity contribution < 1.29 is 13.9 Å². The van der Waals surface area contributed by atoms with E-state index in [4.69, 9.17) is 9.84 Å². The molecular formula is C20H25FN4O2. The third-order valence-electron chi connectivity index (χ3n) is 5.56. The molecule has 1 aromatic heterocycles. The molecule has 0 atom stereocenters. The van der Waals surface area contributed by atoms with Gasteiger partial charge < -0.3 is 14.5 Å². The van der Waals surface area contributed by atoms with E-state index < -0.39 is 0 Å². The summed E-state index contributed by atoms with van der Waals surface area (Å²) < 4.78 is 21.4. The van der Waals surface area contributed by atoms with Crippen LogP contribution in [-0.4, -0.2) is 47.4 Å². The summed E-state index contributed by atoms with van der Waals surface area (Å²) >= 11 is 0. The van der Waals surface area contributed by atoms with Crippen LogP contribution in [0.15, 0.2) is 24.3 Å². The molecule has 1 amide bonds. The molecule has 0 aliphatic carbocycles. The van der Waals surface area contributed by atoms with E-state index in [-0.39, 0.29) is 11.7 Å². The van der Waals surface area contributed by atoms with Gasteiger partial charge in [0.2, 0.25) is 5.91 Å². The van der Waals surface area contributed by atoms with Crippen LogP contribution in [0.3, 0.4) is 0 Å². The summed E-state index contributed by atoms with van der Waals surface area (Å²) in [4.78, 5) is 15.7. The summed E-state index contributed by atoms with van der Waals surface area (Å²) in [5.74, 6) is 0.592. The van der Waals surface area contributed by atoms with Crippen molar-refractivity contribution in [2.45, 2.75) is 38.8 Å². The Balaban J connectivity index is 1.75. The molecule has 0 radical (unpaired) electrons. The molecule has 7 heteroatoms. The molecule has 1 saturated heterocycles. The maximum atomic E-state index is 13.7. The monoisotopic (exact) mass is 372 g/mol. The number of hydrogen-bond donors (Lipinski definition) is 0. The number of ether oxygens (including phenoxy) is 1. The highest BCUT2D eigenvalue weighted by Gasteiger charge is 2.31. The summed E-state index contributed by atoms with van der Waals surface area (Å²) in [5, 5.41) is 4.94. The first-order valence-electron chi connectivity index (χ1n) is 9.47.